The number of phenolic OH excluding ortho intramolecular Hbond substituents is 3. The van der Waals surface area contributed by atoms with E-state index in [0.717, 1.165) is 6.42 Å². The first-order chi connectivity index (χ1) is 22.7. The van der Waals surface area contributed by atoms with Crippen LogP contribution < -0.4 is 0 Å². The van der Waals surface area contributed by atoms with Gasteiger partial charge in [-0.2, -0.15) is 0 Å². The average molecular weight is 697 g/mol. The molecule has 10 heteroatoms. The molecule has 0 heterocycles. The maximum Gasteiger partial charge on any atom is 0.175 e. The van der Waals surface area contributed by atoms with Crippen molar-refractivity contribution in [1.29, 1.82) is 0 Å². The van der Waals surface area contributed by atoms with Gasteiger partial charge in [0.2, 0.25) is 0 Å². The summed E-state index contributed by atoms with van der Waals surface area (Å²) in [5.41, 5.74) is -7.93. The second kappa shape index (κ2) is 13.3. The fourth-order valence-electron chi connectivity index (χ4n) is 8.01. The number of unbranched alkanes of at least 4 members (excludes halogenated alkanes) is 2. The van der Waals surface area contributed by atoms with E-state index in [4.69, 9.17) is 0 Å². The Hall–Kier alpha value is -3.95. The lowest BCUT2D eigenvalue weighted by Gasteiger charge is -2.42. The zero-order valence-electron chi connectivity index (χ0n) is 31.9. The lowest BCUT2D eigenvalue weighted by Crippen LogP contribution is -2.50. The summed E-state index contributed by atoms with van der Waals surface area (Å²) in [6, 6.07) is 0. The molecule has 10 nitrogen and oxygen atoms in total. The molecule has 0 aliphatic heterocycles. The second-order valence-electron chi connectivity index (χ2n) is 16.9. The number of hydrogen-bond donors (Lipinski definition) is 5. The highest BCUT2D eigenvalue weighted by molar-refractivity contribution is 6.20. The average Bonchev–Trinajstić information content (AvgIpc) is 3.00. The van der Waals surface area contributed by atoms with E-state index in [-0.39, 0.29) is 28.7 Å². The molecule has 0 saturated heterocycles. The molecule has 0 radical (unpaired) electrons. The fraction of sp³-hybridized carbons (Fsp3) is 0.625. The smallest absolute Gasteiger partial charge is 0.175 e. The van der Waals surface area contributed by atoms with E-state index in [1.807, 2.05) is 6.92 Å². The summed E-state index contributed by atoms with van der Waals surface area (Å²) in [5, 5.41) is 59.6. The Bertz CT molecular complexity index is 1600. The topological polar surface area (TPSA) is 186 Å². The van der Waals surface area contributed by atoms with E-state index in [9.17, 15) is 49.5 Å². The highest BCUT2D eigenvalue weighted by Gasteiger charge is 2.57. The largest absolute Gasteiger partial charge is 0.511 e. The summed E-state index contributed by atoms with van der Waals surface area (Å²) < 4.78 is 0. The van der Waals surface area contributed by atoms with E-state index in [1.54, 1.807) is 27.7 Å². The molecule has 0 spiro atoms. The van der Waals surface area contributed by atoms with Gasteiger partial charge in [0, 0.05) is 40.5 Å². The number of aromatic hydroxyl groups is 3. The summed E-state index contributed by atoms with van der Waals surface area (Å²) in [7, 11) is 0. The van der Waals surface area contributed by atoms with Crippen LogP contribution in [-0.4, -0.2) is 54.4 Å². The predicted molar refractivity (Wildman–Crippen MR) is 190 cm³/mol. The van der Waals surface area contributed by atoms with Crippen molar-refractivity contribution in [2.45, 2.75) is 128 Å². The number of aliphatic hydroxyl groups is 2. The number of carbonyl (C=O) groups excluding carboxylic acids is 5. The van der Waals surface area contributed by atoms with E-state index in [0.29, 0.717) is 12.8 Å². The van der Waals surface area contributed by atoms with Gasteiger partial charge in [0.15, 0.2) is 28.9 Å². The molecule has 2 aliphatic rings. The molecule has 1 aromatic rings. The second-order valence-corrected chi connectivity index (χ2v) is 16.9. The molecule has 3 rings (SSSR count). The number of Topliss-reactive ketones (excluding diaryl/α,β-unsaturated/α-hetero) is 5. The van der Waals surface area contributed by atoms with Gasteiger partial charge >= 0.3 is 0 Å². The minimum absolute atomic E-state index is 0.0831. The van der Waals surface area contributed by atoms with Crippen LogP contribution in [0.25, 0.3) is 0 Å². The van der Waals surface area contributed by atoms with Crippen molar-refractivity contribution in [3.05, 3.63) is 39.4 Å². The van der Waals surface area contributed by atoms with Crippen molar-refractivity contribution in [3.63, 3.8) is 0 Å². The van der Waals surface area contributed by atoms with Gasteiger partial charge in [-0.25, -0.2) is 0 Å². The van der Waals surface area contributed by atoms with Crippen molar-refractivity contribution in [2.75, 3.05) is 0 Å². The van der Waals surface area contributed by atoms with Crippen molar-refractivity contribution in [1.82, 2.24) is 0 Å². The highest BCUT2D eigenvalue weighted by Crippen LogP contribution is 2.58. The van der Waals surface area contributed by atoms with Gasteiger partial charge in [0.1, 0.15) is 34.3 Å². The van der Waals surface area contributed by atoms with E-state index >= 15 is 0 Å². The lowest BCUT2D eigenvalue weighted by molar-refractivity contribution is -0.146. The van der Waals surface area contributed by atoms with Crippen molar-refractivity contribution in [2.24, 2.45) is 33.5 Å². The Balaban J connectivity index is 2.64. The number of rotatable bonds is 11. The number of phenols is 3. The minimum Gasteiger partial charge on any atom is -0.511 e. The number of hydrogen-bond acceptors (Lipinski definition) is 10. The molecule has 5 N–H and O–H groups in total. The third-order valence-corrected chi connectivity index (χ3v) is 10.9. The van der Waals surface area contributed by atoms with E-state index in [2.05, 4.69) is 0 Å². The van der Waals surface area contributed by atoms with Gasteiger partial charge in [-0.3, -0.25) is 24.0 Å². The van der Waals surface area contributed by atoms with Crippen LogP contribution in [0.1, 0.15) is 149 Å². The lowest BCUT2D eigenvalue weighted by atomic mass is 9.59. The Morgan fingerprint density at radius 3 is 1.20 bits per heavy atom. The SMILES string of the molecule is CCCCCC(=O)c1c(O)c([C@@H](C2=C(O)C(C)(C)C(=O)C(C)(C)C2=O)C(C)C)c(O)c([C@@H](C2=C(O)C(C)(C)C(=O)C(C)(C)C2=O)C(C)C)c1O. The number of ketones is 5. The Labute approximate surface area is 295 Å². The van der Waals surface area contributed by atoms with Crippen molar-refractivity contribution < 1.29 is 49.5 Å². The van der Waals surface area contributed by atoms with E-state index < -0.39 is 109 Å². The monoisotopic (exact) mass is 696 g/mol. The van der Waals surface area contributed by atoms with Gasteiger partial charge in [-0.05, 0) is 73.6 Å². The van der Waals surface area contributed by atoms with Crippen LogP contribution in [0.2, 0.25) is 0 Å². The van der Waals surface area contributed by atoms with Crippen molar-refractivity contribution in [3.8, 4) is 17.2 Å². The molecular formula is C40H56O10. The quantitative estimate of drug-likeness (QED) is 0.0860. The molecule has 2 atom stereocenters. The fourth-order valence-corrected chi connectivity index (χ4v) is 8.01. The van der Waals surface area contributed by atoms with Gasteiger partial charge < -0.3 is 25.5 Å². The summed E-state index contributed by atoms with van der Waals surface area (Å²) in [6.45, 7) is 20.3. The normalized spacial score (nSPS) is 21.3. The Morgan fingerprint density at radius 1 is 0.560 bits per heavy atom. The summed E-state index contributed by atoms with van der Waals surface area (Å²) in [5.74, 6) is -10.5. The Kier molecular flexibility index (Phi) is 10.8. The molecular weight excluding hydrogens is 640 g/mol. The molecule has 50 heavy (non-hydrogen) atoms. The summed E-state index contributed by atoms with van der Waals surface area (Å²) in [6.07, 6.45) is 1.79. The van der Waals surface area contributed by atoms with Crippen LogP contribution in [0.3, 0.4) is 0 Å². The van der Waals surface area contributed by atoms with Crippen LogP contribution in [0, 0.1) is 33.5 Å². The van der Waals surface area contributed by atoms with Crippen LogP contribution in [0.5, 0.6) is 17.2 Å². The molecule has 276 valence electrons. The number of carbonyl (C=O) groups is 5. The molecule has 0 unspecified atom stereocenters. The zero-order chi connectivity index (χ0) is 38.8. The minimum atomic E-state index is -1.60. The molecule has 0 saturated carbocycles. The first-order valence-corrected chi connectivity index (χ1v) is 17.6. The first-order valence-electron chi connectivity index (χ1n) is 17.6. The van der Waals surface area contributed by atoms with Crippen LogP contribution in [0.4, 0.5) is 0 Å². The summed E-state index contributed by atoms with van der Waals surface area (Å²) >= 11 is 0. The predicted octanol–water partition coefficient (Wildman–Crippen LogP) is 8.08. The standard InChI is InChI=1S/C40H56O10/c1-14-15-16-17-20(41)23-28(42)24(21(18(2)3)26-31(45)37(6,7)35(49)38(8,9)32(26)46)30(44)25(29(23)43)22(19(4)5)27-33(47)39(10,11)36(50)40(12,13)34(27)48/h18-19,21-22,42-45,47H,14-17H2,1-13H3/t21-,22-/m0/s1. The van der Waals surface area contributed by atoms with Crippen molar-refractivity contribution >= 4 is 28.9 Å². The third kappa shape index (κ3) is 5.96. The number of aliphatic hydroxyl groups excluding tert-OH is 2. The zero-order valence-corrected chi connectivity index (χ0v) is 31.9. The number of allylic oxidation sites excluding steroid dienone is 4. The molecule has 0 aromatic heterocycles. The van der Waals surface area contributed by atoms with Crippen LogP contribution >= 0.6 is 0 Å². The molecule has 0 fully saturated rings. The van der Waals surface area contributed by atoms with Gasteiger partial charge in [-0.15, -0.1) is 0 Å². The van der Waals surface area contributed by atoms with Gasteiger partial charge in [0.05, 0.1) is 21.7 Å². The maximum atomic E-state index is 14.2. The molecule has 0 amide bonds. The first kappa shape index (κ1) is 40.5. The molecule has 1 aromatic carbocycles. The molecule has 0 bridgehead atoms. The van der Waals surface area contributed by atoms with Crippen LogP contribution in [0.15, 0.2) is 22.7 Å². The Morgan fingerprint density at radius 2 is 0.900 bits per heavy atom. The van der Waals surface area contributed by atoms with Gasteiger partial charge in [0.25, 0.3) is 0 Å². The summed E-state index contributed by atoms with van der Waals surface area (Å²) in [4.78, 5) is 69.1. The van der Waals surface area contributed by atoms with E-state index in [1.165, 1.54) is 55.4 Å². The van der Waals surface area contributed by atoms with Crippen LogP contribution in [-0.2, 0) is 19.2 Å². The molecule has 2 aliphatic carbocycles. The van der Waals surface area contributed by atoms with Gasteiger partial charge in [-0.1, -0.05) is 47.5 Å². The maximum absolute atomic E-state index is 14.2. The highest BCUT2D eigenvalue weighted by atomic mass is 16.3. The third-order valence-electron chi connectivity index (χ3n) is 10.9. The number of benzene rings is 1.